The van der Waals surface area contributed by atoms with Gasteiger partial charge in [-0.1, -0.05) is 19.1 Å². The minimum Gasteiger partial charge on any atom is -0.313 e. The highest BCUT2D eigenvalue weighted by Gasteiger charge is 2.17. The fourth-order valence-corrected chi connectivity index (χ4v) is 3.82. The van der Waals surface area contributed by atoms with E-state index in [-0.39, 0.29) is 6.54 Å². The van der Waals surface area contributed by atoms with Gasteiger partial charge in [0, 0.05) is 18.1 Å². The number of aromatic nitrogens is 1. The number of sulfonamides is 1. The molecule has 1 aromatic heterocycles. The van der Waals surface area contributed by atoms with Gasteiger partial charge in [0.1, 0.15) is 5.01 Å². The SMILES string of the molecule is CCNCc1ccc(C)c(S(=O)(=O)NCc2nccs2)c1. The molecule has 0 spiro atoms. The van der Waals surface area contributed by atoms with Gasteiger partial charge in [-0.05, 0) is 30.7 Å². The fourth-order valence-electron chi connectivity index (χ4n) is 1.89. The summed E-state index contributed by atoms with van der Waals surface area (Å²) >= 11 is 1.43. The molecular formula is C14H19N3O2S2. The summed E-state index contributed by atoms with van der Waals surface area (Å²) in [5.41, 5.74) is 1.69. The van der Waals surface area contributed by atoms with E-state index < -0.39 is 10.0 Å². The summed E-state index contributed by atoms with van der Waals surface area (Å²) in [6.07, 6.45) is 1.66. The van der Waals surface area contributed by atoms with Crippen molar-refractivity contribution in [2.45, 2.75) is 31.8 Å². The van der Waals surface area contributed by atoms with Crippen LogP contribution in [0.15, 0.2) is 34.7 Å². The normalized spacial score (nSPS) is 11.7. The minimum atomic E-state index is -3.53. The van der Waals surface area contributed by atoms with Crippen molar-refractivity contribution in [3.63, 3.8) is 0 Å². The third-order valence-electron chi connectivity index (χ3n) is 3.02. The second-order valence-electron chi connectivity index (χ2n) is 4.63. The van der Waals surface area contributed by atoms with Gasteiger partial charge >= 0.3 is 0 Å². The third kappa shape index (κ3) is 4.34. The van der Waals surface area contributed by atoms with E-state index in [2.05, 4.69) is 15.0 Å². The van der Waals surface area contributed by atoms with E-state index in [9.17, 15) is 8.42 Å². The van der Waals surface area contributed by atoms with E-state index in [0.717, 1.165) is 22.7 Å². The molecule has 0 bridgehead atoms. The number of hydrogen-bond acceptors (Lipinski definition) is 5. The van der Waals surface area contributed by atoms with Crippen molar-refractivity contribution < 1.29 is 8.42 Å². The van der Waals surface area contributed by atoms with E-state index >= 15 is 0 Å². The van der Waals surface area contributed by atoms with Crippen LogP contribution >= 0.6 is 11.3 Å². The van der Waals surface area contributed by atoms with E-state index in [1.165, 1.54) is 11.3 Å². The van der Waals surface area contributed by atoms with E-state index in [1.54, 1.807) is 19.2 Å². The van der Waals surface area contributed by atoms with Gasteiger partial charge in [-0.25, -0.2) is 18.1 Å². The molecular weight excluding hydrogens is 306 g/mol. The van der Waals surface area contributed by atoms with Gasteiger partial charge in [0.15, 0.2) is 0 Å². The number of benzene rings is 1. The highest BCUT2D eigenvalue weighted by molar-refractivity contribution is 7.89. The maximum Gasteiger partial charge on any atom is 0.241 e. The van der Waals surface area contributed by atoms with Gasteiger partial charge in [-0.3, -0.25) is 0 Å². The van der Waals surface area contributed by atoms with Crippen molar-refractivity contribution in [1.29, 1.82) is 0 Å². The average molecular weight is 325 g/mol. The topological polar surface area (TPSA) is 71.1 Å². The first kappa shape index (κ1) is 16.1. The molecule has 2 N–H and O–H groups in total. The summed E-state index contributed by atoms with van der Waals surface area (Å²) in [5, 5.41) is 5.77. The van der Waals surface area contributed by atoms with E-state index in [1.807, 2.05) is 24.4 Å². The maximum atomic E-state index is 12.4. The molecule has 114 valence electrons. The van der Waals surface area contributed by atoms with Crippen LogP contribution in [0.1, 0.15) is 23.1 Å². The summed E-state index contributed by atoms with van der Waals surface area (Å²) in [5.74, 6) is 0. The number of nitrogens with one attached hydrogen (secondary N) is 2. The molecule has 5 nitrogen and oxygen atoms in total. The van der Waals surface area contributed by atoms with Crippen molar-refractivity contribution in [3.05, 3.63) is 45.9 Å². The van der Waals surface area contributed by atoms with Gasteiger partial charge in [-0.15, -0.1) is 11.3 Å². The quantitative estimate of drug-likeness (QED) is 0.817. The number of hydrogen-bond donors (Lipinski definition) is 2. The molecule has 0 aliphatic carbocycles. The first-order chi connectivity index (χ1) is 10.0. The van der Waals surface area contributed by atoms with Crippen LogP contribution in [0.4, 0.5) is 0 Å². The van der Waals surface area contributed by atoms with Crippen molar-refractivity contribution in [2.75, 3.05) is 6.54 Å². The molecule has 0 fully saturated rings. The van der Waals surface area contributed by atoms with Crippen LogP contribution in [0.25, 0.3) is 0 Å². The van der Waals surface area contributed by atoms with Crippen molar-refractivity contribution in [3.8, 4) is 0 Å². The largest absolute Gasteiger partial charge is 0.313 e. The van der Waals surface area contributed by atoms with Crippen molar-refractivity contribution in [1.82, 2.24) is 15.0 Å². The molecule has 1 heterocycles. The van der Waals surface area contributed by atoms with Crippen LogP contribution in [0.2, 0.25) is 0 Å². The van der Waals surface area contributed by atoms with Crippen molar-refractivity contribution >= 4 is 21.4 Å². The smallest absolute Gasteiger partial charge is 0.241 e. The fraction of sp³-hybridized carbons (Fsp3) is 0.357. The molecule has 7 heteroatoms. The molecule has 2 aromatic rings. The lowest BCUT2D eigenvalue weighted by atomic mass is 10.1. The summed E-state index contributed by atoms with van der Waals surface area (Å²) in [4.78, 5) is 4.40. The molecule has 0 amide bonds. The number of nitrogens with zero attached hydrogens (tertiary/aromatic N) is 1. The Hall–Kier alpha value is -1.28. The van der Waals surface area contributed by atoms with E-state index in [4.69, 9.17) is 0 Å². The lowest BCUT2D eigenvalue weighted by Crippen LogP contribution is -2.24. The Kier molecular flexibility index (Phi) is 5.46. The second-order valence-corrected chi connectivity index (χ2v) is 7.35. The van der Waals surface area contributed by atoms with Crippen molar-refractivity contribution in [2.24, 2.45) is 0 Å². The number of rotatable bonds is 7. The molecule has 0 atom stereocenters. The Morgan fingerprint density at radius 3 is 2.76 bits per heavy atom. The summed E-state index contributed by atoms with van der Waals surface area (Å²) in [6.45, 7) is 5.54. The Labute approximate surface area is 129 Å². The maximum absolute atomic E-state index is 12.4. The number of thiazole rings is 1. The standard InChI is InChI=1S/C14H19N3O2S2/c1-3-15-9-12-5-4-11(2)13(8-12)21(18,19)17-10-14-16-6-7-20-14/h4-8,15,17H,3,9-10H2,1-2H3. The molecule has 2 rings (SSSR count). The van der Waals surface area contributed by atoms with Crippen LogP contribution in [0.5, 0.6) is 0 Å². The predicted octanol–water partition coefficient (Wildman–Crippen LogP) is 2.04. The minimum absolute atomic E-state index is 0.219. The summed E-state index contributed by atoms with van der Waals surface area (Å²) in [7, 11) is -3.53. The Morgan fingerprint density at radius 1 is 1.29 bits per heavy atom. The Bertz CT molecular complexity index is 682. The van der Waals surface area contributed by atoms with Crippen LogP contribution in [0, 0.1) is 6.92 Å². The van der Waals surface area contributed by atoms with Crippen LogP contribution < -0.4 is 10.0 Å². The molecule has 0 saturated carbocycles. The zero-order valence-corrected chi connectivity index (χ0v) is 13.7. The van der Waals surface area contributed by atoms with Crippen LogP contribution in [0.3, 0.4) is 0 Å². The Morgan fingerprint density at radius 2 is 2.10 bits per heavy atom. The van der Waals surface area contributed by atoms with Gasteiger partial charge in [-0.2, -0.15) is 0 Å². The third-order valence-corrected chi connectivity index (χ3v) is 5.34. The number of aryl methyl sites for hydroxylation is 1. The van der Waals surface area contributed by atoms with Gasteiger partial charge in [0.25, 0.3) is 0 Å². The lowest BCUT2D eigenvalue weighted by molar-refractivity contribution is 0.580. The second kappa shape index (κ2) is 7.13. The van der Waals surface area contributed by atoms with Crippen LogP contribution in [-0.2, 0) is 23.1 Å². The average Bonchev–Trinajstić information content (AvgIpc) is 2.97. The molecule has 0 aliphatic heterocycles. The zero-order chi connectivity index (χ0) is 15.3. The predicted molar refractivity (Wildman–Crippen MR) is 84.7 cm³/mol. The highest BCUT2D eigenvalue weighted by atomic mass is 32.2. The van der Waals surface area contributed by atoms with Gasteiger partial charge < -0.3 is 5.32 Å². The van der Waals surface area contributed by atoms with E-state index in [0.29, 0.717) is 11.4 Å². The molecule has 1 aromatic carbocycles. The monoisotopic (exact) mass is 325 g/mol. The first-order valence-corrected chi connectivity index (χ1v) is 9.07. The lowest BCUT2D eigenvalue weighted by Gasteiger charge is -2.11. The zero-order valence-electron chi connectivity index (χ0n) is 12.1. The molecule has 0 unspecified atom stereocenters. The first-order valence-electron chi connectivity index (χ1n) is 6.71. The summed E-state index contributed by atoms with van der Waals surface area (Å²) < 4.78 is 27.4. The van der Waals surface area contributed by atoms with Gasteiger partial charge in [0.05, 0.1) is 11.4 Å². The Balaban J connectivity index is 2.17. The molecule has 21 heavy (non-hydrogen) atoms. The van der Waals surface area contributed by atoms with Gasteiger partial charge in [0.2, 0.25) is 10.0 Å². The molecule has 0 aliphatic rings. The summed E-state index contributed by atoms with van der Waals surface area (Å²) in [6, 6.07) is 5.50. The van der Waals surface area contributed by atoms with Crippen LogP contribution in [-0.4, -0.2) is 19.9 Å². The highest BCUT2D eigenvalue weighted by Crippen LogP contribution is 2.17. The molecule has 0 radical (unpaired) electrons. The molecule has 0 saturated heterocycles.